The molecule has 0 unspecified atom stereocenters. The molecular formula is C17H15ClN2O2. The third-order valence-electron chi connectivity index (χ3n) is 3.89. The van der Waals surface area contributed by atoms with E-state index in [9.17, 15) is 0 Å². The van der Waals surface area contributed by atoms with Gasteiger partial charge in [-0.05, 0) is 30.3 Å². The van der Waals surface area contributed by atoms with Gasteiger partial charge in [0.25, 0.3) is 0 Å². The maximum atomic E-state index is 6.13. The van der Waals surface area contributed by atoms with Crippen LogP contribution in [0.5, 0.6) is 0 Å². The number of hydrogen-bond donors (Lipinski definition) is 0. The fourth-order valence-electron chi connectivity index (χ4n) is 2.71. The molecule has 1 aromatic carbocycles. The summed E-state index contributed by atoms with van der Waals surface area (Å²) in [5.41, 5.74) is 3.64. The van der Waals surface area contributed by atoms with E-state index in [0.29, 0.717) is 10.6 Å². The first-order valence-corrected chi connectivity index (χ1v) is 7.66. The monoisotopic (exact) mass is 314 g/mol. The highest BCUT2D eigenvalue weighted by atomic mass is 35.5. The second-order valence-corrected chi connectivity index (χ2v) is 5.67. The number of ether oxygens (including phenoxy) is 1. The second-order valence-electron chi connectivity index (χ2n) is 5.26. The first-order valence-electron chi connectivity index (χ1n) is 7.28. The van der Waals surface area contributed by atoms with Crippen LogP contribution < -0.4 is 4.90 Å². The van der Waals surface area contributed by atoms with Crippen molar-refractivity contribution in [1.29, 1.82) is 0 Å². The largest absolute Gasteiger partial charge is 0.453 e. The molecular weight excluding hydrogens is 300 g/mol. The van der Waals surface area contributed by atoms with Crippen LogP contribution in [-0.2, 0) is 4.74 Å². The smallest absolute Gasteiger partial charge is 0.171 e. The van der Waals surface area contributed by atoms with Crippen molar-refractivity contribution in [2.45, 2.75) is 0 Å². The Bertz CT molecular complexity index is 792. The van der Waals surface area contributed by atoms with Gasteiger partial charge in [-0.3, -0.25) is 4.98 Å². The molecule has 0 radical (unpaired) electrons. The van der Waals surface area contributed by atoms with Crippen molar-refractivity contribution in [3.63, 3.8) is 0 Å². The molecule has 0 N–H and O–H groups in total. The summed E-state index contributed by atoms with van der Waals surface area (Å²) in [6, 6.07) is 12.0. The highest BCUT2D eigenvalue weighted by molar-refractivity contribution is 6.34. The molecule has 0 bridgehead atoms. The molecule has 22 heavy (non-hydrogen) atoms. The lowest BCUT2D eigenvalue weighted by molar-refractivity contribution is 0.122. The number of hydrogen-bond acceptors (Lipinski definition) is 4. The van der Waals surface area contributed by atoms with E-state index in [1.54, 1.807) is 12.3 Å². The van der Waals surface area contributed by atoms with E-state index in [2.05, 4.69) is 34.1 Å². The molecule has 3 heterocycles. The van der Waals surface area contributed by atoms with E-state index in [1.165, 1.54) is 5.69 Å². The topological polar surface area (TPSA) is 38.5 Å². The molecule has 3 aromatic rings. The molecule has 4 nitrogen and oxygen atoms in total. The molecule has 4 rings (SSSR count). The molecule has 1 aliphatic rings. The summed E-state index contributed by atoms with van der Waals surface area (Å²) in [5, 5.41) is 0.584. The Kier molecular flexibility index (Phi) is 3.48. The van der Waals surface area contributed by atoms with E-state index < -0.39 is 0 Å². The van der Waals surface area contributed by atoms with Gasteiger partial charge in [0, 0.05) is 36.6 Å². The maximum Gasteiger partial charge on any atom is 0.171 e. The lowest BCUT2D eigenvalue weighted by Gasteiger charge is -2.28. The molecule has 0 atom stereocenters. The Hall–Kier alpha value is -2.04. The highest BCUT2D eigenvalue weighted by Gasteiger charge is 2.13. The Morgan fingerprint density at radius 3 is 2.55 bits per heavy atom. The van der Waals surface area contributed by atoms with Crippen molar-refractivity contribution in [3.8, 4) is 11.3 Å². The normalized spacial score (nSPS) is 15.4. The molecule has 0 spiro atoms. The van der Waals surface area contributed by atoms with Crippen LogP contribution in [0, 0.1) is 0 Å². The lowest BCUT2D eigenvalue weighted by atomic mass is 10.1. The van der Waals surface area contributed by atoms with Crippen molar-refractivity contribution in [3.05, 3.63) is 47.6 Å². The van der Waals surface area contributed by atoms with Crippen molar-refractivity contribution in [1.82, 2.24) is 4.98 Å². The number of anilines is 1. The van der Waals surface area contributed by atoms with Crippen molar-refractivity contribution in [2.75, 3.05) is 31.2 Å². The van der Waals surface area contributed by atoms with Gasteiger partial charge in [0.15, 0.2) is 5.58 Å². The van der Waals surface area contributed by atoms with E-state index in [-0.39, 0.29) is 0 Å². The van der Waals surface area contributed by atoms with Crippen LogP contribution in [0.15, 0.2) is 47.0 Å². The fraction of sp³-hybridized carbons (Fsp3) is 0.235. The zero-order chi connectivity index (χ0) is 14.9. The zero-order valence-corrected chi connectivity index (χ0v) is 12.7. The highest BCUT2D eigenvalue weighted by Crippen LogP contribution is 2.31. The molecule has 0 aliphatic carbocycles. The summed E-state index contributed by atoms with van der Waals surface area (Å²) in [6.07, 6.45) is 1.69. The first kappa shape index (κ1) is 13.6. The average molecular weight is 315 g/mol. The van der Waals surface area contributed by atoms with Gasteiger partial charge in [-0.2, -0.15) is 0 Å². The van der Waals surface area contributed by atoms with Gasteiger partial charge in [-0.1, -0.05) is 11.6 Å². The Balaban J connectivity index is 1.65. The zero-order valence-electron chi connectivity index (χ0n) is 12.0. The summed E-state index contributed by atoms with van der Waals surface area (Å²) >= 11 is 6.13. The van der Waals surface area contributed by atoms with Gasteiger partial charge in [0.1, 0.15) is 11.3 Å². The lowest BCUT2D eigenvalue weighted by Crippen LogP contribution is -2.36. The van der Waals surface area contributed by atoms with Crippen molar-refractivity contribution < 1.29 is 9.15 Å². The molecule has 1 saturated heterocycles. The Morgan fingerprint density at radius 2 is 1.82 bits per heavy atom. The van der Waals surface area contributed by atoms with Crippen LogP contribution >= 0.6 is 11.6 Å². The third kappa shape index (κ3) is 2.45. The van der Waals surface area contributed by atoms with Gasteiger partial charge in [0.2, 0.25) is 0 Å². The molecule has 112 valence electrons. The number of fused-ring (bicyclic) bond motifs is 1. The number of nitrogens with zero attached hydrogens (tertiary/aromatic N) is 2. The number of aromatic nitrogens is 1. The quantitative estimate of drug-likeness (QED) is 0.717. The average Bonchev–Trinajstić information content (AvgIpc) is 3.02. The van der Waals surface area contributed by atoms with Gasteiger partial charge < -0.3 is 14.1 Å². The Morgan fingerprint density at radius 1 is 1.05 bits per heavy atom. The molecule has 0 saturated carbocycles. The van der Waals surface area contributed by atoms with Crippen LogP contribution in [0.2, 0.25) is 5.02 Å². The predicted molar refractivity (Wildman–Crippen MR) is 87.5 cm³/mol. The summed E-state index contributed by atoms with van der Waals surface area (Å²) in [7, 11) is 0. The number of rotatable bonds is 2. The summed E-state index contributed by atoms with van der Waals surface area (Å²) < 4.78 is 11.2. The minimum Gasteiger partial charge on any atom is -0.453 e. The number of morpholine rings is 1. The molecule has 5 heteroatoms. The van der Waals surface area contributed by atoms with Crippen LogP contribution in [0.3, 0.4) is 0 Å². The van der Waals surface area contributed by atoms with Gasteiger partial charge in [-0.15, -0.1) is 0 Å². The third-order valence-corrected chi connectivity index (χ3v) is 4.19. The number of benzene rings is 1. The number of pyridine rings is 1. The van der Waals surface area contributed by atoms with E-state index in [0.717, 1.165) is 43.1 Å². The van der Waals surface area contributed by atoms with Crippen molar-refractivity contribution >= 4 is 28.4 Å². The Labute approximate surface area is 133 Å². The van der Waals surface area contributed by atoms with Crippen molar-refractivity contribution in [2.24, 2.45) is 0 Å². The molecule has 2 aromatic heterocycles. The summed E-state index contributed by atoms with van der Waals surface area (Å²) in [4.78, 5) is 6.60. The van der Waals surface area contributed by atoms with Crippen LogP contribution in [-0.4, -0.2) is 31.3 Å². The molecule has 1 aliphatic heterocycles. The summed E-state index contributed by atoms with van der Waals surface area (Å²) in [6.45, 7) is 3.44. The fourth-order valence-corrected chi connectivity index (χ4v) is 2.90. The minimum atomic E-state index is 0.584. The minimum absolute atomic E-state index is 0.584. The summed E-state index contributed by atoms with van der Waals surface area (Å²) in [5.74, 6) is 0.782. The number of halogens is 1. The van der Waals surface area contributed by atoms with Crippen LogP contribution in [0.25, 0.3) is 22.4 Å². The number of furan rings is 1. The van der Waals surface area contributed by atoms with Crippen LogP contribution in [0.1, 0.15) is 0 Å². The second kappa shape index (κ2) is 5.63. The molecule has 1 fully saturated rings. The molecule has 0 amide bonds. The van der Waals surface area contributed by atoms with E-state index >= 15 is 0 Å². The SMILES string of the molecule is Clc1ccnc2cc(-c3ccc(N4CCOCC4)cc3)oc12. The van der Waals surface area contributed by atoms with Gasteiger partial charge >= 0.3 is 0 Å². The van der Waals surface area contributed by atoms with E-state index in [1.807, 2.05) is 6.07 Å². The van der Waals surface area contributed by atoms with Gasteiger partial charge in [-0.25, -0.2) is 0 Å². The first-order chi connectivity index (χ1) is 10.8. The maximum absolute atomic E-state index is 6.13. The van der Waals surface area contributed by atoms with Gasteiger partial charge in [0.05, 0.1) is 18.2 Å². The standard InChI is InChI=1S/C17H15ClN2O2/c18-14-5-6-19-15-11-16(22-17(14)15)12-1-3-13(4-2-12)20-7-9-21-10-8-20/h1-6,11H,7-10H2. The van der Waals surface area contributed by atoms with E-state index in [4.69, 9.17) is 20.8 Å². The van der Waals surface area contributed by atoms with Crippen LogP contribution in [0.4, 0.5) is 5.69 Å². The predicted octanol–water partition coefficient (Wildman–Crippen LogP) is 3.98.